The number of rotatable bonds is 4. The summed E-state index contributed by atoms with van der Waals surface area (Å²) in [5.41, 5.74) is 1.58. The molecule has 3 aromatic rings. The largest absolute Gasteiger partial charge is 0.493 e. The number of fused-ring (bicyclic) bond motifs is 3. The molecular weight excluding hydrogens is 586 g/mol. The predicted molar refractivity (Wildman–Crippen MR) is 164 cm³/mol. The van der Waals surface area contributed by atoms with E-state index in [0.29, 0.717) is 30.1 Å². The van der Waals surface area contributed by atoms with Crippen LogP contribution in [0, 0.1) is 5.92 Å². The van der Waals surface area contributed by atoms with Gasteiger partial charge in [-0.2, -0.15) is 0 Å². The molecule has 0 radical (unpaired) electrons. The van der Waals surface area contributed by atoms with Crippen LogP contribution in [-0.2, 0) is 33.9 Å². The molecule has 1 aliphatic heterocycles. The van der Waals surface area contributed by atoms with Gasteiger partial charge in [-0.3, -0.25) is 23.9 Å². The highest BCUT2D eigenvalue weighted by Gasteiger charge is 2.29. The minimum Gasteiger partial charge on any atom is -0.493 e. The first-order valence-electron chi connectivity index (χ1n) is 14.6. The monoisotopic (exact) mass is 623 g/mol. The lowest BCUT2D eigenvalue weighted by atomic mass is 10.0. The van der Waals surface area contributed by atoms with Crippen molar-refractivity contribution in [3.05, 3.63) is 76.6 Å². The van der Waals surface area contributed by atoms with E-state index >= 15 is 0 Å². The number of hydrogen-bond acceptors (Lipinski definition) is 7. The van der Waals surface area contributed by atoms with Crippen LogP contribution in [0.15, 0.2) is 54.7 Å². The number of nitrogens with one attached hydrogen (secondary N) is 4. The van der Waals surface area contributed by atoms with E-state index < -0.39 is 35.8 Å². The molecule has 3 atom stereocenters. The summed E-state index contributed by atoms with van der Waals surface area (Å²) in [6.45, 7) is 6.28. The second kappa shape index (κ2) is 15.3. The Labute approximate surface area is 261 Å². The normalized spacial score (nSPS) is 20.7. The highest BCUT2D eigenvalue weighted by molar-refractivity contribution is 6.30. The van der Waals surface area contributed by atoms with Gasteiger partial charge in [0, 0.05) is 24.4 Å². The third-order valence-electron chi connectivity index (χ3n) is 7.00. The van der Waals surface area contributed by atoms with Crippen LogP contribution in [-0.4, -0.2) is 63.4 Å². The maximum Gasteiger partial charge on any atom is 0.255 e. The van der Waals surface area contributed by atoms with Crippen LogP contribution in [0.25, 0.3) is 0 Å². The minimum atomic E-state index is -1.02. The van der Waals surface area contributed by atoms with Crippen LogP contribution < -0.4 is 26.0 Å². The van der Waals surface area contributed by atoms with E-state index in [-0.39, 0.29) is 42.7 Å². The summed E-state index contributed by atoms with van der Waals surface area (Å²) in [6, 6.07) is 11.0. The molecule has 1 aromatic heterocycles. The summed E-state index contributed by atoms with van der Waals surface area (Å²) < 4.78 is 7.58. The van der Waals surface area contributed by atoms with Crippen molar-refractivity contribution in [2.24, 2.45) is 5.92 Å². The van der Waals surface area contributed by atoms with E-state index in [9.17, 15) is 19.2 Å². The number of hydrogen-bond donors (Lipinski definition) is 4. The van der Waals surface area contributed by atoms with Gasteiger partial charge in [-0.1, -0.05) is 61.0 Å². The molecule has 44 heavy (non-hydrogen) atoms. The number of amides is 4. The first-order valence-corrected chi connectivity index (χ1v) is 15.0. The van der Waals surface area contributed by atoms with Crippen LogP contribution in [0.4, 0.5) is 0 Å². The fourth-order valence-corrected chi connectivity index (χ4v) is 4.88. The van der Waals surface area contributed by atoms with Crippen LogP contribution in [0.2, 0.25) is 5.02 Å². The predicted octanol–water partition coefficient (Wildman–Crippen LogP) is 2.41. The van der Waals surface area contributed by atoms with Gasteiger partial charge in [-0.25, -0.2) is 0 Å². The second-order valence-corrected chi connectivity index (χ2v) is 11.6. The van der Waals surface area contributed by atoms with E-state index in [1.165, 1.54) is 6.92 Å². The molecule has 4 rings (SSSR count). The highest BCUT2D eigenvalue weighted by Crippen LogP contribution is 2.24. The molecule has 0 saturated heterocycles. The number of carbonyl (C=O) groups is 4. The van der Waals surface area contributed by atoms with Crippen LogP contribution >= 0.6 is 11.6 Å². The minimum absolute atomic E-state index is 0.108. The Hall–Kier alpha value is -4.45. The summed E-state index contributed by atoms with van der Waals surface area (Å²) in [6.07, 6.45) is 2.83. The first-order chi connectivity index (χ1) is 21.1. The second-order valence-electron chi connectivity index (χ2n) is 11.2. The van der Waals surface area contributed by atoms with Crippen molar-refractivity contribution in [2.75, 3.05) is 6.61 Å². The number of halogens is 1. The summed E-state index contributed by atoms with van der Waals surface area (Å²) in [7, 11) is 0. The summed E-state index contributed by atoms with van der Waals surface area (Å²) in [4.78, 5) is 53.3. The average molecular weight is 624 g/mol. The number of aromatic nitrogens is 3. The SMILES string of the molecule is CC(C)C[C@H]1NC(=O)[C@@H](C)NC(=O)[C@@H](Cc2ccccc2)NC(=O)c2ccc(Cl)cc2OCCCn2cc(nn2)CNC1=O. The average Bonchev–Trinajstić information content (AvgIpc) is 3.44. The van der Waals surface area contributed by atoms with Crippen molar-refractivity contribution in [1.82, 2.24) is 36.3 Å². The molecule has 4 N–H and O–H groups in total. The molecule has 234 valence electrons. The van der Waals surface area contributed by atoms with Gasteiger partial charge in [0.15, 0.2) is 0 Å². The Morgan fingerprint density at radius 3 is 2.50 bits per heavy atom. The molecule has 0 unspecified atom stereocenters. The van der Waals surface area contributed by atoms with E-state index in [2.05, 4.69) is 31.6 Å². The van der Waals surface area contributed by atoms with Crippen molar-refractivity contribution in [2.45, 2.75) is 71.2 Å². The van der Waals surface area contributed by atoms with Gasteiger partial charge >= 0.3 is 0 Å². The Kier molecular flexibility index (Phi) is 11.3. The molecule has 0 fully saturated rings. The van der Waals surface area contributed by atoms with E-state index in [1.54, 1.807) is 29.1 Å². The molecule has 2 aromatic carbocycles. The fraction of sp³-hybridized carbons (Fsp3) is 0.419. The van der Waals surface area contributed by atoms with Gasteiger partial charge in [-0.15, -0.1) is 5.10 Å². The Morgan fingerprint density at radius 1 is 0.977 bits per heavy atom. The molecule has 2 bridgehead atoms. The Bertz CT molecular complexity index is 1460. The number of carbonyl (C=O) groups excluding carboxylic acids is 4. The molecule has 1 aliphatic rings. The molecule has 0 spiro atoms. The summed E-state index contributed by atoms with van der Waals surface area (Å²) in [5, 5.41) is 19.7. The van der Waals surface area contributed by atoms with Gasteiger partial charge in [0.05, 0.1) is 24.9 Å². The molecule has 12 nitrogen and oxygen atoms in total. The zero-order chi connectivity index (χ0) is 31.6. The van der Waals surface area contributed by atoms with Crippen LogP contribution in [0.5, 0.6) is 5.75 Å². The molecule has 13 heteroatoms. The smallest absolute Gasteiger partial charge is 0.255 e. The fourth-order valence-electron chi connectivity index (χ4n) is 4.72. The number of benzene rings is 2. The first kappa shape index (κ1) is 32.5. The lowest BCUT2D eigenvalue weighted by Crippen LogP contribution is -2.56. The van der Waals surface area contributed by atoms with E-state index in [4.69, 9.17) is 16.3 Å². The van der Waals surface area contributed by atoms with Gasteiger partial charge < -0.3 is 26.0 Å². The van der Waals surface area contributed by atoms with E-state index in [0.717, 1.165) is 5.56 Å². The standard InChI is InChI=1S/C31H38ClN7O5/c1-19(2)14-25-30(42)33-17-23-18-39(38-37-23)12-7-13-44-27-16-22(32)10-11-24(27)29(41)36-26(15-21-8-5-4-6-9-21)31(43)34-20(3)28(40)35-25/h4-6,8-11,16,18-20,25-26H,7,12-15,17H2,1-3H3,(H,33,42)(H,34,43)(H,35,40)(H,36,41)/t20-,25-,26-/m1/s1. The zero-order valence-corrected chi connectivity index (χ0v) is 25.8. The molecule has 0 aliphatic carbocycles. The maximum atomic E-state index is 13.5. The molecule has 2 heterocycles. The lowest BCUT2D eigenvalue weighted by Gasteiger charge is -2.24. The zero-order valence-electron chi connectivity index (χ0n) is 25.0. The topological polar surface area (TPSA) is 156 Å². The van der Waals surface area contributed by atoms with Crippen molar-refractivity contribution < 1.29 is 23.9 Å². The maximum absolute atomic E-state index is 13.5. The van der Waals surface area contributed by atoms with Gasteiger partial charge in [0.25, 0.3) is 5.91 Å². The Balaban J connectivity index is 1.62. The molecule has 0 saturated carbocycles. The summed E-state index contributed by atoms with van der Waals surface area (Å²) in [5.74, 6) is -1.62. The van der Waals surface area contributed by atoms with Crippen LogP contribution in [0.1, 0.15) is 55.2 Å². The highest BCUT2D eigenvalue weighted by atomic mass is 35.5. The van der Waals surface area contributed by atoms with Crippen molar-refractivity contribution in [3.63, 3.8) is 0 Å². The van der Waals surface area contributed by atoms with E-state index in [1.807, 2.05) is 44.2 Å². The lowest BCUT2D eigenvalue weighted by molar-refractivity contribution is -0.132. The Morgan fingerprint density at radius 2 is 1.75 bits per heavy atom. The number of nitrogens with zero attached hydrogens (tertiary/aromatic N) is 3. The summed E-state index contributed by atoms with van der Waals surface area (Å²) >= 11 is 6.21. The van der Waals surface area contributed by atoms with Crippen molar-refractivity contribution in [1.29, 1.82) is 0 Å². The van der Waals surface area contributed by atoms with Gasteiger partial charge in [-0.05, 0) is 43.0 Å². The third-order valence-corrected chi connectivity index (χ3v) is 7.24. The number of aryl methyl sites for hydroxylation is 1. The van der Waals surface area contributed by atoms with Gasteiger partial charge in [0.1, 0.15) is 29.6 Å². The molecular formula is C31H38ClN7O5. The molecule has 4 amide bonds. The van der Waals surface area contributed by atoms with Crippen molar-refractivity contribution >= 4 is 35.2 Å². The third kappa shape index (κ3) is 9.27. The van der Waals surface area contributed by atoms with Gasteiger partial charge in [0.2, 0.25) is 17.7 Å². The van der Waals surface area contributed by atoms with Crippen molar-refractivity contribution in [3.8, 4) is 5.75 Å². The quantitative estimate of drug-likeness (QED) is 0.348. The number of ether oxygens (including phenoxy) is 1. The van der Waals surface area contributed by atoms with Crippen LogP contribution in [0.3, 0.4) is 0 Å².